The zero-order valence-electron chi connectivity index (χ0n) is 10.3. The molecule has 1 N–H and O–H groups in total. The number of hydrogen-bond acceptors (Lipinski definition) is 3. The van der Waals surface area contributed by atoms with Gasteiger partial charge in [-0.15, -0.1) is 11.8 Å². The van der Waals surface area contributed by atoms with Crippen molar-refractivity contribution in [2.75, 3.05) is 0 Å². The van der Waals surface area contributed by atoms with Gasteiger partial charge in [-0.2, -0.15) is 0 Å². The van der Waals surface area contributed by atoms with Crippen LogP contribution in [0.5, 0.6) is 0 Å². The number of fused-ring (bicyclic) bond motifs is 1. The number of aromatic nitrogens is 2. The molecular formula is C14H13BrN2S2. The van der Waals surface area contributed by atoms with Crippen molar-refractivity contribution >= 4 is 39.9 Å². The highest BCUT2D eigenvalue weighted by Crippen LogP contribution is 2.29. The summed E-state index contributed by atoms with van der Waals surface area (Å²) in [4.78, 5) is 9.18. The number of hydrogen-bond donors (Lipinski definition) is 1. The predicted octanol–water partition coefficient (Wildman–Crippen LogP) is 4.68. The van der Waals surface area contributed by atoms with Gasteiger partial charge in [0.15, 0.2) is 0 Å². The first-order valence-electron chi connectivity index (χ1n) is 6.22. The third kappa shape index (κ3) is 2.93. The molecule has 2 nitrogen and oxygen atoms in total. The molecule has 1 aliphatic rings. The van der Waals surface area contributed by atoms with Crippen LogP contribution in [0.3, 0.4) is 0 Å². The van der Waals surface area contributed by atoms with E-state index >= 15 is 0 Å². The Labute approximate surface area is 130 Å². The van der Waals surface area contributed by atoms with Gasteiger partial charge in [0, 0.05) is 20.6 Å². The van der Waals surface area contributed by atoms with E-state index in [1.165, 1.54) is 22.6 Å². The largest absolute Gasteiger partial charge is 0.346 e. The van der Waals surface area contributed by atoms with Crippen LogP contribution < -0.4 is 0 Å². The molecule has 0 radical (unpaired) electrons. The number of nitrogens with one attached hydrogen (secondary N) is 1. The Morgan fingerprint density at radius 3 is 3.00 bits per heavy atom. The van der Waals surface area contributed by atoms with Crippen molar-refractivity contribution in [3.05, 3.63) is 50.5 Å². The Bertz CT molecular complexity index is 667. The van der Waals surface area contributed by atoms with Gasteiger partial charge in [0.2, 0.25) is 0 Å². The Hall–Kier alpha value is -0.650. The molecule has 1 heterocycles. The topological polar surface area (TPSA) is 28.7 Å². The van der Waals surface area contributed by atoms with E-state index in [-0.39, 0.29) is 0 Å². The molecule has 1 aromatic carbocycles. The summed E-state index contributed by atoms with van der Waals surface area (Å²) >= 11 is 10.7. The van der Waals surface area contributed by atoms with Gasteiger partial charge in [-0.3, -0.25) is 0 Å². The standard InChI is InChI=1S/C14H13BrN2S2/c15-10-5-1-2-7-12(10)19-8-13-16-11-6-3-4-9(11)14(18)17-13/h1-2,5,7H,3-4,6,8H2,(H,16,17,18). The molecule has 3 rings (SSSR count). The normalized spacial score (nSPS) is 13.5. The van der Waals surface area contributed by atoms with Crippen molar-refractivity contribution in [2.45, 2.75) is 29.9 Å². The highest BCUT2D eigenvalue weighted by atomic mass is 79.9. The van der Waals surface area contributed by atoms with Crippen molar-refractivity contribution in [2.24, 2.45) is 0 Å². The van der Waals surface area contributed by atoms with E-state index in [1.54, 1.807) is 11.8 Å². The molecule has 0 saturated carbocycles. The van der Waals surface area contributed by atoms with E-state index in [9.17, 15) is 0 Å². The minimum Gasteiger partial charge on any atom is -0.346 e. The van der Waals surface area contributed by atoms with Crippen LogP contribution in [0.25, 0.3) is 0 Å². The summed E-state index contributed by atoms with van der Waals surface area (Å²) in [6.45, 7) is 0. The molecule has 0 unspecified atom stereocenters. The lowest BCUT2D eigenvalue weighted by Gasteiger charge is -2.06. The fourth-order valence-corrected chi connectivity index (χ4v) is 4.06. The zero-order valence-corrected chi connectivity index (χ0v) is 13.5. The first-order chi connectivity index (χ1) is 9.24. The van der Waals surface area contributed by atoms with Gasteiger partial charge in [-0.1, -0.05) is 24.4 Å². The van der Waals surface area contributed by atoms with Crippen LogP contribution in [0.15, 0.2) is 33.6 Å². The quantitative estimate of drug-likeness (QED) is 0.641. The van der Waals surface area contributed by atoms with E-state index in [0.29, 0.717) is 0 Å². The summed E-state index contributed by atoms with van der Waals surface area (Å²) in [5.74, 6) is 1.80. The molecule has 0 amide bonds. The molecule has 5 heteroatoms. The van der Waals surface area contributed by atoms with Gasteiger partial charge in [-0.25, -0.2) is 4.98 Å². The minimum atomic E-state index is 0.786. The number of aromatic amines is 1. The van der Waals surface area contributed by atoms with Crippen molar-refractivity contribution < 1.29 is 0 Å². The molecule has 19 heavy (non-hydrogen) atoms. The van der Waals surface area contributed by atoms with Crippen molar-refractivity contribution in [1.82, 2.24) is 9.97 Å². The van der Waals surface area contributed by atoms with E-state index in [2.05, 4.69) is 38.0 Å². The Morgan fingerprint density at radius 2 is 2.16 bits per heavy atom. The maximum atomic E-state index is 5.37. The average Bonchev–Trinajstić information content (AvgIpc) is 2.87. The summed E-state index contributed by atoms with van der Waals surface area (Å²) in [6, 6.07) is 8.23. The van der Waals surface area contributed by atoms with Crippen LogP contribution in [-0.4, -0.2) is 9.97 Å². The van der Waals surface area contributed by atoms with Crippen molar-refractivity contribution in [1.29, 1.82) is 0 Å². The molecule has 0 bridgehead atoms. The number of H-pyrrole nitrogens is 1. The van der Waals surface area contributed by atoms with Gasteiger partial charge in [-0.05, 0) is 47.3 Å². The van der Waals surface area contributed by atoms with Crippen molar-refractivity contribution in [3.8, 4) is 0 Å². The van der Waals surface area contributed by atoms with Gasteiger partial charge in [0.25, 0.3) is 0 Å². The number of aryl methyl sites for hydroxylation is 1. The van der Waals surface area contributed by atoms with Crippen LogP contribution in [0.2, 0.25) is 0 Å². The lowest BCUT2D eigenvalue weighted by molar-refractivity contribution is 0.893. The summed E-state index contributed by atoms with van der Waals surface area (Å²) in [5, 5.41) is 0. The van der Waals surface area contributed by atoms with E-state index in [4.69, 9.17) is 12.2 Å². The van der Waals surface area contributed by atoms with E-state index < -0.39 is 0 Å². The number of rotatable bonds is 3. The Morgan fingerprint density at radius 1 is 1.32 bits per heavy atom. The molecule has 0 aliphatic heterocycles. The smallest absolute Gasteiger partial charge is 0.133 e. The second-order valence-electron chi connectivity index (χ2n) is 4.52. The first kappa shape index (κ1) is 13.3. The average molecular weight is 353 g/mol. The van der Waals surface area contributed by atoms with Crippen molar-refractivity contribution in [3.63, 3.8) is 0 Å². The van der Waals surface area contributed by atoms with E-state index in [1.807, 2.05) is 12.1 Å². The first-order valence-corrected chi connectivity index (χ1v) is 8.41. The number of nitrogens with zero attached hydrogens (tertiary/aromatic N) is 1. The maximum absolute atomic E-state index is 5.37. The van der Waals surface area contributed by atoms with Gasteiger partial charge < -0.3 is 4.98 Å². The lowest BCUT2D eigenvalue weighted by atomic mass is 10.3. The highest BCUT2D eigenvalue weighted by molar-refractivity contribution is 9.10. The van der Waals surface area contributed by atoms with Gasteiger partial charge >= 0.3 is 0 Å². The van der Waals surface area contributed by atoms with Crippen LogP contribution in [0, 0.1) is 4.64 Å². The molecule has 0 atom stereocenters. The van der Waals surface area contributed by atoms with Crippen LogP contribution in [-0.2, 0) is 18.6 Å². The Kier molecular flexibility index (Phi) is 4.05. The fourth-order valence-electron chi connectivity index (χ4n) is 2.29. The van der Waals surface area contributed by atoms with Crippen LogP contribution in [0.1, 0.15) is 23.5 Å². The minimum absolute atomic E-state index is 0.786. The van der Waals surface area contributed by atoms with Crippen LogP contribution in [0.4, 0.5) is 0 Å². The SMILES string of the molecule is S=c1nc(CSc2ccccc2Br)[nH]c2c1CCC2. The monoisotopic (exact) mass is 352 g/mol. The summed E-state index contributed by atoms with van der Waals surface area (Å²) in [7, 11) is 0. The zero-order chi connectivity index (χ0) is 13.2. The molecule has 0 spiro atoms. The van der Waals surface area contributed by atoms with E-state index in [0.717, 1.165) is 33.5 Å². The fraction of sp³-hybridized carbons (Fsp3) is 0.286. The highest BCUT2D eigenvalue weighted by Gasteiger charge is 2.14. The lowest BCUT2D eigenvalue weighted by Crippen LogP contribution is -1.99. The van der Waals surface area contributed by atoms with Gasteiger partial charge in [0.1, 0.15) is 10.5 Å². The summed E-state index contributed by atoms with van der Waals surface area (Å²) < 4.78 is 1.91. The predicted molar refractivity (Wildman–Crippen MR) is 85.1 cm³/mol. The maximum Gasteiger partial charge on any atom is 0.133 e. The second-order valence-corrected chi connectivity index (χ2v) is 6.78. The molecule has 0 fully saturated rings. The summed E-state index contributed by atoms with van der Waals surface area (Å²) in [5.41, 5.74) is 2.55. The second kappa shape index (κ2) is 5.77. The third-order valence-corrected chi connectivity index (χ3v) is 5.59. The molecule has 98 valence electrons. The third-order valence-electron chi connectivity index (χ3n) is 3.21. The number of halogens is 1. The van der Waals surface area contributed by atoms with Crippen LogP contribution >= 0.6 is 39.9 Å². The number of thioether (sulfide) groups is 1. The molecule has 1 aliphatic carbocycles. The molecular weight excluding hydrogens is 340 g/mol. The Balaban J connectivity index is 1.80. The summed E-state index contributed by atoms with van der Waals surface area (Å²) in [6.07, 6.45) is 3.38. The number of benzene rings is 1. The molecule has 1 aromatic heterocycles. The van der Waals surface area contributed by atoms with Gasteiger partial charge in [0.05, 0.1) is 5.75 Å². The molecule has 0 saturated heterocycles. The molecule has 2 aromatic rings.